The average molecular weight is 449 g/mol. The van der Waals surface area contributed by atoms with Crippen LogP contribution >= 0.6 is 0 Å². The summed E-state index contributed by atoms with van der Waals surface area (Å²) in [6.45, 7) is 0.702. The number of anilines is 2. The largest absolute Gasteiger partial charge is 0.497 e. The standard InChI is InChI=1S/C25H24FN3O4/c1-32-19-10-11-23(33-2)16(14-19)15-27-24(30)21-4-3-5-22-20(21)12-13-29(22)25(31)28-18-8-6-17(26)7-9-18/h3-11,14H,12-13,15H2,1-2H3,(H,27,30)(H,28,31). The maximum Gasteiger partial charge on any atom is 0.326 e. The van der Waals surface area contributed by atoms with E-state index in [1.165, 1.54) is 24.3 Å². The molecule has 3 amide bonds. The van der Waals surface area contributed by atoms with Crippen molar-refractivity contribution in [3.8, 4) is 11.5 Å². The lowest BCUT2D eigenvalue weighted by Crippen LogP contribution is -2.33. The highest BCUT2D eigenvalue weighted by Gasteiger charge is 2.28. The van der Waals surface area contributed by atoms with E-state index in [0.717, 1.165) is 11.1 Å². The Morgan fingerprint density at radius 1 is 1.03 bits per heavy atom. The summed E-state index contributed by atoms with van der Waals surface area (Å²) in [5.41, 5.74) is 3.29. The van der Waals surface area contributed by atoms with Crippen LogP contribution in [0.15, 0.2) is 60.7 Å². The van der Waals surface area contributed by atoms with Crippen LogP contribution in [0.5, 0.6) is 11.5 Å². The average Bonchev–Trinajstić information content (AvgIpc) is 3.28. The third-order valence-electron chi connectivity index (χ3n) is 5.54. The normalized spacial score (nSPS) is 12.2. The van der Waals surface area contributed by atoms with Gasteiger partial charge in [0.15, 0.2) is 0 Å². The molecule has 0 spiro atoms. The van der Waals surface area contributed by atoms with Crippen molar-refractivity contribution in [2.75, 3.05) is 31.0 Å². The second-order valence-electron chi connectivity index (χ2n) is 7.50. The molecule has 0 saturated carbocycles. The highest BCUT2D eigenvalue weighted by molar-refractivity contribution is 6.05. The molecule has 0 fully saturated rings. The molecule has 8 heteroatoms. The molecule has 1 aliphatic rings. The molecule has 1 aliphatic heterocycles. The van der Waals surface area contributed by atoms with Crippen LogP contribution < -0.4 is 25.0 Å². The van der Waals surface area contributed by atoms with Crippen molar-refractivity contribution in [3.63, 3.8) is 0 Å². The van der Waals surface area contributed by atoms with Gasteiger partial charge in [0.2, 0.25) is 0 Å². The fraction of sp³-hybridized carbons (Fsp3) is 0.200. The number of carbonyl (C=O) groups is 2. The summed E-state index contributed by atoms with van der Waals surface area (Å²) >= 11 is 0. The number of amides is 3. The van der Waals surface area contributed by atoms with Crippen molar-refractivity contribution in [2.24, 2.45) is 0 Å². The van der Waals surface area contributed by atoms with Gasteiger partial charge in [0.1, 0.15) is 17.3 Å². The number of nitrogens with zero attached hydrogens (tertiary/aromatic N) is 1. The van der Waals surface area contributed by atoms with Crippen molar-refractivity contribution in [2.45, 2.75) is 13.0 Å². The fourth-order valence-corrected chi connectivity index (χ4v) is 3.87. The molecule has 0 bridgehead atoms. The first-order valence-corrected chi connectivity index (χ1v) is 10.4. The van der Waals surface area contributed by atoms with Gasteiger partial charge in [-0.25, -0.2) is 9.18 Å². The Labute approximate surface area is 191 Å². The second-order valence-corrected chi connectivity index (χ2v) is 7.50. The van der Waals surface area contributed by atoms with E-state index in [4.69, 9.17) is 9.47 Å². The van der Waals surface area contributed by atoms with Crippen LogP contribution in [0.4, 0.5) is 20.6 Å². The third kappa shape index (κ3) is 4.74. The van der Waals surface area contributed by atoms with E-state index >= 15 is 0 Å². The second kappa shape index (κ2) is 9.60. The Kier molecular flexibility index (Phi) is 6.44. The highest BCUT2D eigenvalue weighted by Crippen LogP contribution is 2.31. The lowest BCUT2D eigenvalue weighted by atomic mass is 10.0. The van der Waals surface area contributed by atoms with Gasteiger partial charge >= 0.3 is 6.03 Å². The number of benzene rings is 3. The number of hydrogen-bond donors (Lipinski definition) is 2. The van der Waals surface area contributed by atoms with Crippen LogP contribution in [0.2, 0.25) is 0 Å². The summed E-state index contributed by atoms with van der Waals surface area (Å²) in [6, 6.07) is 16.0. The minimum atomic E-state index is -0.373. The highest BCUT2D eigenvalue weighted by atomic mass is 19.1. The van der Waals surface area contributed by atoms with Crippen LogP contribution in [0.25, 0.3) is 0 Å². The zero-order chi connectivity index (χ0) is 23.4. The van der Waals surface area contributed by atoms with Gasteiger partial charge in [0.25, 0.3) is 5.91 Å². The van der Waals surface area contributed by atoms with Crippen molar-refractivity contribution in [3.05, 3.63) is 83.2 Å². The maximum absolute atomic E-state index is 13.1. The summed E-state index contributed by atoms with van der Waals surface area (Å²) in [5, 5.41) is 5.70. The van der Waals surface area contributed by atoms with Crippen molar-refractivity contribution >= 4 is 23.3 Å². The van der Waals surface area contributed by atoms with E-state index in [1.807, 2.05) is 12.1 Å². The Hall–Kier alpha value is -4.07. The number of nitrogens with one attached hydrogen (secondary N) is 2. The number of methoxy groups -OCH3 is 2. The van der Waals surface area contributed by atoms with Crippen molar-refractivity contribution < 1.29 is 23.5 Å². The van der Waals surface area contributed by atoms with Crippen molar-refractivity contribution in [1.29, 1.82) is 0 Å². The monoisotopic (exact) mass is 449 g/mol. The molecule has 0 aliphatic carbocycles. The smallest absolute Gasteiger partial charge is 0.326 e. The molecule has 1 heterocycles. The number of urea groups is 1. The Balaban J connectivity index is 1.48. The first-order valence-electron chi connectivity index (χ1n) is 10.4. The number of fused-ring (bicyclic) bond motifs is 1. The molecule has 3 aromatic carbocycles. The summed E-state index contributed by atoms with van der Waals surface area (Å²) in [6.07, 6.45) is 0.554. The van der Waals surface area contributed by atoms with Gasteiger partial charge in [-0.3, -0.25) is 9.69 Å². The molecule has 33 heavy (non-hydrogen) atoms. The lowest BCUT2D eigenvalue weighted by Gasteiger charge is -2.18. The molecular formula is C25H24FN3O4. The van der Waals surface area contributed by atoms with Crippen molar-refractivity contribution in [1.82, 2.24) is 5.32 Å². The molecule has 0 atom stereocenters. The number of halogens is 1. The zero-order valence-corrected chi connectivity index (χ0v) is 18.4. The molecule has 170 valence electrons. The number of ether oxygens (including phenoxy) is 2. The SMILES string of the molecule is COc1ccc(OC)c(CNC(=O)c2cccc3c2CCN3C(=O)Nc2ccc(F)cc2)c1. The van der Waals surface area contributed by atoms with Gasteiger partial charge in [0.05, 0.1) is 14.2 Å². The van der Waals surface area contributed by atoms with Crippen LogP contribution in [-0.2, 0) is 13.0 Å². The number of rotatable bonds is 6. The maximum atomic E-state index is 13.1. The first kappa shape index (κ1) is 22.1. The van der Waals surface area contributed by atoms with E-state index in [0.29, 0.717) is 41.4 Å². The lowest BCUT2D eigenvalue weighted by molar-refractivity contribution is 0.0950. The number of hydrogen-bond acceptors (Lipinski definition) is 4. The molecule has 7 nitrogen and oxygen atoms in total. The van der Waals surface area contributed by atoms with Gasteiger partial charge < -0.3 is 20.1 Å². The topological polar surface area (TPSA) is 79.9 Å². The Bertz CT molecular complexity index is 1180. The molecule has 2 N–H and O–H groups in total. The Morgan fingerprint density at radius 2 is 1.82 bits per heavy atom. The van der Waals surface area contributed by atoms with E-state index in [2.05, 4.69) is 10.6 Å². The van der Waals surface area contributed by atoms with Gasteiger partial charge in [0, 0.05) is 35.6 Å². The van der Waals surface area contributed by atoms with Crippen LogP contribution in [-0.4, -0.2) is 32.7 Å². The molecule has 0 saturated heterocycles. The molecule has 0 aromatic heterocycles. The van der Waals surface area contributed by atoms with E-state index in [-0.39, 0.29) is 24.3 Å². The van der Waals surface area contributed by atoms with Crippen LogP contribution in [0, 0.1) is 5.82 Å². The zero-order valence-electron chi connectivity index (χ0n) is 18.4. The summed E-state index contributed by atoms with van der Waals surface area (Å²) in [5.74, 6) is 0.709. The fourth-order valence-electron chi connectivity index (χ4n) is 3.87. The minimum absolute atomic E-state index is 0.238. The predicted molar refractivity (Wildman–Crippen MR) is 124 cm³/mol. The van der Waals surface area contributed by atoms with Gasteiger partial charge in [-0.15, -0.1) is 0 Å². The van der Waals surface area contributed by atoms with Gasteiger partial charge in [-0.1, -0.05) is 6.07 Å². The molecular weight excluding hydrogens is 425 g/mol. The molecule has 4 rings (SSSR count). The van der Waals surface area contributed by atoms with E-state index in [1.54, 1.807) is 43.4 Å². The van der Waals surface area contributed by atoms with Gasteiger partial charge in [-0.05, 0) is 66.6 Å². The van der Waals surface area contributed by atoms with E-state index < -0.39 is 0 Å². The first-order chi connectivity index (χ1) is 16.0. The van der Waals surface area contributed by atoms with Crippen LogP contribution in [0.1, 0.15) is 21.5 Å². The number of carbonyl (C=O) groups excluding carboxylic acids is 2. The van der Waals surface area contributed by atoms with Crippen LogP contribution in [0.3, 0.4) is 0 Å². The Morgan fingerprint density at radius 3 is 2.55 bits per heavy atom. The molecule has 0 radical (unpaired) electrons. The summed E-state index contributed by atoms with van der Waals surface area (Å²) < 4.78 is 23.8. The molecule has 3 aromatic rings. The quantitative estimate of drug-likeness (QED) is 0.586. The summed E-state index contributed by atoms with van der Waals surface area (Å²) in [7, 11) is 3.15. The molecule has 0 unspecified atom stereocenters. The minimum Gasteiger partial charge on any atom is -0.497 e. The van der Waals surface area contributed by atoms with E-state index in [9.17, 15) is 14.0 Å². The predicted octanol–water partition coefficient (Wildman–Crippen LogP) is 4.37. The summed E-state index contributed by atoms with van der Waals surface area (Å²) in [4.78, 5) is 27.4. The third-order valence-corrected chi connectivity index (χ3v) is 5.54. The van der Waals surface area contributed by atoms with Gasteiger partial charge in [-0.2, -0.15) is 0 Å².